The fraction of sp³-hybridized carbons (Fsp3) is 0.357. The molecule has 9 heteroatoms. The van der Waals surface area contributed by atoms with Gasteiger partial charge in [-0.05, 0) is 25.0 Å². The van der Waals surface area contributed by atoms with Gasteiger partial charge in [0.2, 0.25) is 5.91 Å². The van der Waals surface area contributed by atoms with Crippen molar-refractivity contribution in [1.82, 2.24) is 5.32 Å². The lowest BCUT2D eigenvalue weighted by Gasteiger charge is -2.26. The van der Waals surface area contributed by atoms with Crippen LogP contribution in [0, 0.1) is 0 Å². The first-order chi connectivity index (χ1) is 10.8. The second-order valence-electron chi connectivity index (χ2n) is 5.17. The zero-order chi connectivity index (χ0) is 17.1. The average molecular weight is 357 g/mol. The average Bonchev–Trinajstić information content (AvgIpc) is 2.46. The van der Waals surface area contributed by atoms with E-state index in [-0.39, 0.29) is 45.9 Å². The molecular formula is C14H13BCl2NO5. The van der Waals surface area contributed by atoms with Crippen molar-refractivity contribution in [2.45, 2.75) is 32.1 Å². The molecule has 121 valence electrons. The number of carboxylic acid groups (broad SMARTS) is 1. The zero-order valence-electron chi connectivity index (χ0n) is 12.2. The largest absolute Gasteiger partial charge is 0.560 e. The van der Waals surface area contributed by atoms with Gasteiger partial charge < -0.3 is 19.9 Å². The maximum Gasteiger partial charge on any atom is 0.394 e. The summed E-state index contributed by atoms with van der Waals surface area (Å²) in [5.74, 6) is -1.91. The minimum Gasteiger partial charge on any atom is -0.560 e. The number of halogens is 2. The standard InChI is InChI=1S/C14H13BCl2NO5/c1-6(19)2-3-10(20)18-9-5-7-4-8(16)12(17)11(14(21)22)13(7)23-15-9/h4,9H,2-3,5H2,1H3,(H,18,20)(H,21,22). The van der Waals surface area contributed by atoms with E-state index >= 15 is 0 Å². The van der Waals surface area contributed by atoms with E-state index in [2.05, 4.69) is 5.32 Å². The first-order valence-corrected chi connectivity index (χ1v) is 7.58. The number of carboxylic acids is 1. The lowest BCUT2D eigenvalue weighted by atomic mass is 9.79. The molecule has 1 aromatic carbocycles. The Morgan fingerprint density at radius 1 is 1.39 bits per heavy atom. The van der Waals surface area contributed by atoms with E-state index in [1.165, 1.54) is 20.5 Å². The van der Waals surface area contributed by atoms with Gasteiger partial charge >= 0.3 is 13.5 Å². The SMILES string of the molecule is CC(=O)CCC(=O)NC1[B]Oc2c(cc(Cl)c(Cl)c2C(=O)O)C1. The molecule has 0 aromatic heterocycles. The lowest BCUT2D eigenvalue weighted by Crippen LogP contribution is -2.45. The summed E-state index contributed by atoms with van der Waals surface area (Å²) in [6.45, 7) is 1.42. The second-order valence-corrected chi connectivity index (χ2v) is 5.96. The van der Waals surface area contributed by atoms with Crippen molar-refractivity contribution in [3.8, 4) is 5.75 Å². The van der Waals surface area contributed by atoms with Crippen LogP contribution in [0.15, 0.2) is 6.07 Å². The first kappa shape index (κ1) is 17.6. The van der Waals surface area contributed by atoms with Crippen LogP contribution in [0.4, 0.5) is 0 Å². The Morgan fingerprint density at radius 3 is 2.70 bits per heavy atom. The van der Waals surface area contributed by atoms with E-state index in [9.17, 15) is 19.5 Å². The Kier molecular flexibility index (Phi) is 5.54. The van der Waals surface area contributed by atoms with Crippen molar-refractivity contribution in [3.63, 3.8) is 0 Å². The van der Waals surface area contributed by atoms with Gasteiger partial charge in [0.25, 0.3) is 0 Å². The van der Waals surface area contributed by atoms with Gasteiger partial charge in [0.05, 0.1) is 10.0 Å². The molecule has 2 N–H and O–H groups in total. The summed E-state index contributed by atoms with van der Waals surface area (Å²) in [6.07, 6.45) is 0.577. The van der Waals surface area contributed by atoms with Crippen LogP contribution in [0.5, 0.6) is 5.75 Å². The van der Waals surface area contributed by atoms with E-state index in [1.54, 1.807) is 0 Å². The monoisotopic (exact) mass is 356 g/mol. The summed E-state index contributed by atoms with van der Waals surface area (Å²) in [6, 6.07) is 1.52. The predicted octanol–water partition coefficient (Wildman–Crippen LogP) is 2.06. The maximum absolute atomic E-state index is 11.7. The van der Waals surface area contributed by atoms with Gasteiger partial charge in [-0.3, -0.25) is 4.79 Å². The molecule has 1 radical (unpaired) electrons. The third-order valence-electron chi connectivity index (χ3n) is 3.30. The van der Waals surface area contributed by atoms with Crippen molar-refractivity contribution in [2.75, 3.05) is 0 Å². The quantitative estimate of drug-likeness (QED) is 0.787. The Balaban J connectivity index is 2.14. The summed E-state index contributed by atoms with van der Waals surface area (Å²) in [4.78, 5) is 33.9. The van der Waals surface area contributed by atoms with Crippen LogP contribution in [0.25, 0.3) is 0 Å². The normalized spacial score (nSPS) is 15.9. The molecule has 1 amide bonds. The summed E-state index contributed by atoms with van der Waals surface area (Å²) < 4.78 is 5.36. The minimum absolute atomic E-state index is 0.0677. The molecule has 1 aliphatic heterocycles. The molecule has 1 unspecified atom stereocenters. The molecule has 0 spiro atoms. The number of hydrogen-bond acceptors (Lipinski definition) is 4. The summed E-state index contributed by atoms with van der Waals surface area (Å²) in [7, 11) is 1.34. The van der Waals surface area contributed by atoms with Crippen molar-refractivity contribution < 1.29 is 24.1 Å². The Labute approximate surface area is 143 Å². The molecule has 1 heterocycles. The number of fused-ring (bicyclic) bond motifs is 1. The van der Waals surface area contributed by atoms with Crippen molar-refractivity contribution in [3.05, 3.63) is 27.2 Å². The number of amides is 1. The van der Waals surface area contributed by atoms with Crippen LogP contribution in [0.1, 0.15) is 35.7 Å². The number of ketones is 1. The molecule has 1 atom stereocenters. The number of aromatic carboxylic acids is 1. The van der Waals surface area contributed by atoms with Gasteiger partial charge in [-0.25, -0.2) is 4.79 Å². The van der Waals surface area contributed by atoms with Gasteiger partial charge in [0, 0.05) is 18.8 Å². The van der Waals surface area contributed by atoms with Crippen LogP contribution in [0.2, 0.25) is 10.0 Å². The molecule has 0 saturated heterocycles. The highest BCUT2D eigenvalue weighted by Crippen LogP contribution is 2.38. The molecule has 0 bridgehead atoms. The summed E-state index contributed by atoms with van der Waals surface area (Å²) >= 11 is 11.9. The Bertz CT molecular complexity index is 680. The molecule has 23 heavy (non-hydrogen) atoms. The van der Waals surface area contributed by atoms with E-state index in [4.69, 9.17) is 27.9 Å². The number of Topliss-reactive ketones (excluding diaryl/α,β-unsaturated/α-hetero) is 1. The van der Waals surface area contributed by atoms with Crippen molar-refractivity contribution in [2.24, 2.45) is 0 Å². The highest BCUT2D eigenvalue weighted by atomic mass is 35.5. The Morgan fingerprint density at radius 2 is 2.09 bits per heavy atom. The lowest BCUT2D eigenvalue weighted by molar-refractivity contribution is -0.124. The number of carbonyl (C=O) groups is 3. The number of rotatable bonds is 5. The number of hydrogen-bond donors (Lipinski definition) is 2. The van der Waals surface area contributed by atoms with E-state index in [0.717, 1.165) is 0 Å². The smallest absolute Gasteiger partial charge is 0.394 e. The third-order valence-corrected chi connectivity index (χ3v) is 4.09. The summed E-state index contributed by atoms with van der Waals surface area (Å²) in [5, 5.41) is 12.0. The van der Waals surface area contributed by atoms with Gasteiger partial charge in [-0.2, -0.15) is 0 Å². The van der Waals surface area contributed by atoms with E-state index in [1.807, 2.05) is 0 Å². The topological polar surface area (TPSA) is 92.7 Å². The van der Waals surface area contributed by atoms with Gasteiger partial charge in [-0.1, -0.05) is 23.2 Å². The fourth-order valence-electron chi connectivity index (χ4n) is 2.23. The molecular weight excluding hydrogens is 344 g/mol. The second kappa shape index (κ2) is 7.23. The van der Waals surface area contributed by atoms with Gasteiger partial charge in [-0.15, -0.1) is 0 Å². The Hall–Kier alpha value is -1.73. The van der Waals surface area contributed by atoms with Crippen LogP contribution >= 0.6 is 23.2 Å². The molecule has 0 saturated carbocycles. The van der Waals surface area contributed by atoms with Gasteiger partial charge in [0.1, 0.15) is 17.1 Å². The molecule has 0 fully saturated rings. The zero-order valence-corrected chi connectivity index (χ0v) is 13.7. The molecule has 2 rings (SSSR count). The van der Waals surface area contributed by atoms with Crippen LogP contribution in [0.3, 0.4) is 0 Å². The molecule has 0 aliphatic carbocycles. The molecule has 6 nitrogen and oxygen atoms in total. The number of carbonyl (C=O) groups excluding carboxylic acids is 2. The van der Waals surface area contributed by atoms with Gasteiger partial charge in [0.15, 0.2) is 0 Å². The van der Waals surface area contributed by atoms with E-state index in [0.29, 0.717) is 12.0 Å². The van der Waals surface area contributed by atoms with E-state index < -0.39 is 11.9 Å². The van der Waals surface area contributed by atoms with Crippen molar-refractivity contribution >= 4 is 48.3 Å². The highest BCUT2D eigenvalue weighted by Gasteiger charge is 2.30. The van der Waals surface area contributed by atoms with Crippen LogP contribution in [-0.4, -0.2) is 36.2 Å². The molecule has 1 aromatic rings. The minimum atomic E-state index is -1.24. The summed E-state index contributed by atoms with van der Waals surface area (Å²) in [5.41, 5.74) is 0.336. The third kappa shape index (κ3) is 4.17. The van der Waals surface area contributed by atoms with Crippen molar-refractivity contribution in [1.29, 1.82) is 0 Å². The highest BCUT2D eigenvalue weighted by molar-refractivity contribution is 6.44. The number of nitrogens with one attached hydrogen (secondary N) is 1. The first-order valence-electron chi connectivity index (χ1n) is 6.82. The fourth-order valence-corrected chi connectivity index (χ4v) is 2.67. The van der Waals surface area contributed by atoms with Crippen LogP contribution in [-0.2, 0) is 16.0 Å². The predicted molar refractivity (Wildman–Crippen MR) is 85.4 cm³/mol. The molecule has 1 aliphatic rings. The maximum atomic E-state index is 11.7. The number of benzene rings is 1. The van der Waals surface area contributed by atoms with Crippen LogP contribution < -0.4 is 9.97 Å².